The van der Waals surface area contributed by atoms with Gasteiger partial charge in [-0.15, -0.1) is 0 Å². The van der Waals surface area contributed by atoms with Gasteiger partial charge in [-0.3, -0.25) is 9.59 Å². The number of unbranched alkanes of at least 4 members (excludes halogenated alkanes) is 4. The topological polar surface area (TPSA) is 34.1 Å². The first-order chi connectivity index (χ1) is 9.65. The third kappa shape index (κ3) is 6.14. The second kappa shape index (κ2) is 9.46. The van der Waals surface area contributed by atoms with E-state index in [1.807, 2.05) is 30.3 Å². The summed E-state index contributed by atoms with van der Waals surface area (Å²) < 4.78 is 0. The minimum absolute atomic E-state index is 0.0827. The maximum atomic E-state index is 12.1. The summed E-state index contributed by atoms with van der Waals surface area (Å²) >= 11 is 0. The minimum atomic E-state index is -0.107. The molecular weight excluding hydrogens is 248 g/mol. The number of hydrogen-bond donors (Lipinski definition) is 0. The molecular formula is C18H26O2. The van der Waals surface area contributed by atoms with E-state index in [0.717, 1.165) is 19.3 Å². The fourth-order valence-electron chi connectivity index (χ4n) is 2.41. The Balaban J connectivity index is 2.43. The smallest absolute Gasteiger partial charge is 0.163 e. The first-order valence-corrected chi connectivity index (χ1v) is 7.73. The standard InChI is InChI=1S/C18H26O2/c1-3-4-5-6-8-13-17(15(2)19)14-18(20)16-11-9-7-10-12-16/h7,9-12,17H,3-6,8,13-14H2,1-2H3. The van der Waals surface area contributed by atoms with Crippen molar-refractivity contribution in [3.05, 3.63) is 35.9 Å². The van der Waals surface area contributed by atoms with Gasteiger partial charge in [0.1, 0.15) is 5.78 Å². The van der Waals surface area contributed by atoms with Crippen LogP contribution in [0.1, 0.15) is 69.2 Å². The zero-order chi connectivity index (χ0) is 14.8. The average Bonchev–Trinajstić information content (AvgIpc) is 2.46. The van der Waals surface area contributed by atoms with Crippen LogP contribution in [-0.2, 0) is 4.79 Å². The van der Waals surface area contributed by atoms with Crippen LogP contribution in [0, 0.1) is 5.92 Å². The van der Waals surface area contributed by atoms with Gasteiger partial charge in [0, 0.05) is 17.9 Å². The predicted octanol–water partition coefficient (Wildman–Crippen LogP) is 4.83. The van der Waals surface area contributed by atoms with Crippen LogP contribution in [0.3, 0.4) is 0 Å². The monoisotopic (exact) mass is 274 g/mol. The Morgan fingerprint density at radius 1 is 1.00 bits per heavy atom. The maximum absolute atomic E-state index is 12.1. The van der Waals surface area contributed by atoms with Crippen molar-refractivity contribution in [2.45, 2.75) is 58.8 Å². The van der Waals surface area contributed by atoms with E-state index in [4.69, 9.17) is 0 Å². The van der Waals surface area contributed by atoms with Crippen molar-refractivity contribution in [3.63, 3.8) is 0 Å². The van der Waals surface area contributed by atoms with E-state index < -0.39 is 0 Å². The van der Waals surface area contributed by atoms with Crippen molar-refractivity contribution in [2.24, 2.45) is 5.92 Å². The Hall–Kier alpha value is -1.44. The van der Waals surface area contributed by atoms with Crippen LogP contribution in [0.25, 0.3) is 0 Å². The van der Waals surface area contributed by atoms with Crippen molar-refractivity contribution in [2.75, 3.05) is 0 Å². The summed E-state index contributed by atoms with van der Waals surface area (Å²) in [6.45, 7) is 3.80. The Labute approximate surface area is 122 Å². The third-order valence-corrected chi connectivity index (χ3v) is 3.76. The fourth-order valence-corrected chi connectivity index (χ4v) is 2.41. The van der Waals surface area contributed by atoms with Gasteiger partial charge >= 0.3 is 0 Å². The predicted molar refractivity (Wildman–Crippen MR) is 82.9 cm³/mol. The highest BCUT2D eigenvalue weighted by Gasteiger charge is 2.18. The van der Waals surface area contributed by atoms with Gasteiger partial charge in [0.25, 0.3) is 0 Å². The number of carbonyl (C=O) groups is 2. The number of Topliss-reactive ketones (excluding diaryl/α,β-unsaturated/α-hetero) is 2. The van der Waals surface area contributed by atoms with Gasteiger partial charge in [0.05, 0.1) is 0 Å². The van der Waals surface area contributed by atoms with Crippen molar-refractivity contribution in [1.29, 1.82) is 0 Å². The summed E-state index contributed by atoms with van der Waals surface area (Å²) in [7, 11) is 0. The molecule has 1 aromatic carbocycles. The molecule has 1 unspecified atom stereocenters. The lowest BCUT2D eigenvalue weighted by molar-refractivity contribution is -0.120. The van der Waals surface area contributed by atoms with Gasteiger partial charge < -0.3 is 0 Å². The van der Waals surface area contributed by atoms with E-state index in [1.165, 1.54) is 19.3 Å². The molecule has 0 aliphatic carbocycles. The highest BCUT2D eigenvalue weighted by atomic mass is 16.1. The lowest BCUT2D eigenvalue weighted by atomic mass is 9.90. The number of rotatable bonds is 10. The highest BCUT2D eigenvalue weighted by Crippen LogP contribution is 2.18. The normalized spacial score (nSPS) is 12.1. The van der Waals surface area contributed by atoms with Crippen LogP contribution in [0.2, 0.25) is 0 Å². The van der Waals surface area contributed by atoms with Gasteiger partial charge in [-0.1, -0.05) is 69.4 Å². The van der Waals surface area contributed by atoms with Gasteiger partial charge in [0.15, 0.2) is 5.78 Å². The largest absolute Gasteiger partial charge is 0.300 e. The molecule has 0 aromatic heterocycles. The zero-order valence-electron chi connectivity index (χ0n) is 12.7. The van der Waals surface area contributed by atoms with Crippen molar-refractivity contribution in [1.82, 2.24) is 0 Å². The molecule has 0 saturated carbocycles. The lowest BCUT2D eigenvalue weighted by Gasteiger charge is -2.13. The third-order valence-electron chi connectivity index (χ3n) is 3.76. The minimum Gasteiger partial charge on any atom is -0.300 e. The lowest BCUT2D eigenvalue weighted by Crippen LogP contribution is -2.16. The van der Waals surface area contributed by atoms with Crippen LogP contribution in [0.4, 0.5) is 0 Å². The molecule has 0 heterocycles. The van der Waals surface area contributed by atoms with Crippen LogP contribution in [0.15, 0.2) is 30.3 Å². The van der Waals surface area contributed by atoms with E-state index in [-0.39, 0.29) is 17.5 Å². The molecule has 0 saturated heterocycles. The second-order valence-corrected chi connectivity index (χ2v) is 5.50. The van der Waals surface area contributed by atoms with Gasteiger partial charge in [-0.2, -0.15) is 0 Å². The zero-order valence-corrected chi connectivity index (χ0v) is 12.7. The molecule has 0 fully saturated rings. The molecule has 0 bridgehead atoms. The highest BCUT2D eigenvalue weighted by molar-refractivity contribution is 5.98. The summed E-state index contributed by atoms with van der Waals surface area (Å²) in [6.07, 6.45) is 7.12. The number of benzene rings is 1. The van der Waals surface area contributed by atoms with Crippen molar-refractivity contribution >= 4 is 11.6 Å². The first kappa shape index (κ1) is 16.6. The van der Waals surface area contributed by atoms with Gasteiger partial charge in [0.2, 0.25) is 0 Å². The Morgan fingerprint density at radius 3 is 2.25 bits per heavy atom. The molecule has 0 spiro atoms. The summed E-state index contributed by atoms with van der Waals surface area (Å²) in [5.41, 5.74) is 0.713. The van der Waals surface area contributed by atoms with Crippen molar-refractivity contribution in [3.8, 4) is 0 Å². The van der Waals surface area contributed by atoms with Gasteiger partial charge in [-0.05, 0) is 13.3 Å². The fraction of sp³-hybridized carbons (Fsp3) is 0.556. The molecule has 2 heteroatoms. The number of hydrogen-bond acceptors (Lipinski definition) is 2. The van der Waals surface area contributed by atoms with Crippen LogP contribution >= 0.6 is 0 Å². The SMILES string of the molecule is CCCCCCCC(CC(=O)c1ccccc1)C(C)=O. The molecule has 2 nitrogen and oxygen atoms in total. The van der Waals surface area contributed by atoms with E-state index in [2.05, 4.69) is 6.92 Å². The number of carbonyl (C=O) groups excluding carboxylic acids is 2. The van der Waals surface area contributed by atoms with E-state index in [1.54, 1.807) is 6.92 Å². The van der Waals surface area contributed by atoms with E-state index in [0.29, 0.717) is 12.0 Å². The van der Waals surface area contributed by atoms with Crippen LogP contribution in [0.5, 0.6) is 0 Å². The van der Waals surface area contributed by atoms with Gasteiger partial charge in [-0.25, -0.2) is 0 Å². The molecule has 1 aromatic rings. The Morgan fingerprint density at radius 2 is 1.65 bits per heavy atom. The second-order valence-electron chi connectivity index (χ2n) is 5.50. The van der Waals surface area contributed by atoms with E-state index >= 15 is 0 Å². The van der Waals surface area contributed by atoms with Crippen LogP contribution in [-0.4, -0.2) is 11.6 Å². The summed E-state index contributed by atoms with van der Waals surface area (Å²) in [5.74, 6) is 0.119. The molecule has 0 N–H and O–H groups in total. The van der Waals surface area contributed by atoms with E-state index in [9.17, 15) is 9.59 Å². The quantitative estimate of drug-likeness (QED) is 0.452. The Bertz CT molecular complexity index is 409. The number of ketones is 2. The molecule has 0 aliphatic rings. The molecule has 0 aliphatic heterocycles. The average molecular weight is 274 g/mol. The molecule has 110 valence electrons. The summed E-state index contributed by atoms with van der Waals surface area (Å²) in [5, 5.41) is 0. The molecule has 20 heavy (non-hydrogen) atoms. The molecule has 0 amide bonds. The molecule has 1 rings (SSSR count). The summed E-state index contributed by atoms with van der Waals surface area (Å²) in [4.78, 5) is 23.8. The molecule has 0 radical (unpaired) electrons. The van der Waals surface area contributed by atoms with Crippen LogP contribution < -0.4 is 0 Å². The molecule has 1 atom stereocenters. The Kier molecular flexibility index (Phi) is 7.86. The van der Waals surface area contributed by atoms with Crippen molar-refractivity contribution < 1.29 is 9.59 Å². The summed E-state index contributed by atoms with van der Waals surface area (Å²) in [6, 6.07) is 9.26. The first-order valence-electron chi connectivity index (χ1n) is 7.73. The maximum Gasteiger partial charge on any atom is 0.163 e.